The minimum atomic E-state index is -3.64. The summed E-state index contributed by atoms with van der Waals surface area (Å²) in [5.41, 5.74) is 2.24. The molecule has 1 saturated heterocycles. The van der Waals surface area contributed by atoms with E-state index in [0.717, 1.165) is 23.8 Å². The van der Waals surface area contributed by atoms with Gasteiger partial charge in [0.1, 0.15) is 6.04 Å². The van der Waals surface area contributed by atoms with Crippen LogP contribution in [0.2, 0.25) is 0 Å². The number of benzene rings is 1. The predicted octanol–water partition coefficient (Wildman–Crippen LogP) is 0.759. The summed E-state index contributed by atoms with van der Waals surface area (Å²) in [7, 11) is -3.64. The first-order valence-corrected chi connectivity index (χ1v) is 10.0. The first-order valence-electron chi connectivity index (χ1n) is 8.20. The van der Waals surface area contributed by atoms with Crippen molar-refractivity contribution in [3.63, 3.8) is 0 Å². The van der Waals surface area contributed by atoms with Crippen LogP contribution in [0.4, 0.5) is 5.69 Å². The molecular formula is C17H25N3O4S. The number of anilines is 1. The number of carbonyl (C=O) groups is 2. The number of rotatable bonds is 5. The largest absolute Gasteiger partial charge is 0.342 e. The summed E-state index contributed by atoms with van der Waals surface area (Å²) < 4.78 is 26.0. The van der Waals surface area contributed by atoms with E-state index in [1.165, 1.54) is 4.31 Å². The van der Waals surface area contributed by atoms with Gasteiger partial charge in [-0.15, -0.1) is 0 Å². The van der Waals surface area contributed by atoms with Crippen LogP contribution in [0, 0.1) is 13.8 Å². The van der Waals surface area contributed by atoms with Crippen LogP contribution in [0.3, 0.4) is 0 Å². The molecule has 0 spiro atoms. The first-order chi connectivity index (χ1) is 11.6. The molecule has 7 nitrogen and oxygen atoms in total. The minimum Gasteiger partial charge on any atom is -0.342 e. The molecule has 2 amide bonds. The molecule has 1 fully saturated rings. The smallest absolute Gasteiger partial charge is 0.246 e. The van der Waals surface area contributed by atoms with Crippen molar-refractivity contribution in [1.82, 2.24) is 9.80 Å². The second-order valence-electron chi connectivity index (χ2n) is 6.49. The average Bonchev–Trinajstić information content (AvgIpc) is 2.56. The number of sulfonamides is 1. The zero-order valence-electron chi connectivity index (χ0n) is 15.1. The molecule has 0 aromatic heterocycles. The van der Waals surface area contributed by atoms with Gasteiger partial charge in [-0.25, -0.2) is 8.42 Å². The summed E-state index contributed by atoms with van der Waals surface area (Å²) in [6.45, 7) is 7.06. The van der Waals surface area contributed by atoms with E-state index < -0.39 is 16.1 Å². The third-order valence-corrected chi connectivity index (χ3v) is 5.67. The number of hydrogen-bond donors (Lipinski definition) is 0. The Bertz CT molecular complexity index is 755. The molecule has 0 bridgehead atoms. The molecule has 8 heteroatoms. The van der Waals surface area contributed by atoms with E-state index in [2.05, 4.69) is 0 Å². The molecule has 1 aromatic rings. The Morgan fingerprint density at radius 2 is 1.80 bits per heavy atom. The number of amides is 2. The molecule has 1 atom stereocenters. The highest BCUT2D eigenvalue weighted by Gasteiger charge is 2.33. The molecule has 0 N–H and O–H groups in total. The van der Waals surface area contributed by atoms with Crippen LogP contribution in [0.15, 0.2) is 18.2 Å². The average molecular weight is 367 g/mol. The van der Waals surface area contributed by atoms with Crippen molar-refractivity contribution in [3.8, 4) is 0 Å². The molecule has 0 saturated carbocycles. The monoisotopic (exact) mass is 367 g/mol. The highest BCUT2D eigenvalue weighted by atomic mass is 32.2. The van der Waals surface area contributed by atoms with Crippen LogP contribution in [-0.2, 0) is 19.6 Å². The second kappa shape index (κ2) is 7.43. The van der Waals surface area contributed by atoms with E-state index in [1.807, 2.05) is 26.0 Å². The fourth-order valence-electron chi connectivity index (χ4n) is 3.04. The zero-order valence-corrected chi connectivity index (χ0v) is 15.9. The Morgan fingerprint density at radius 3 is 2.32 bits per heavy atom. The molecule has 1 aromatic carbocycles. The Hall–Kier alpha value is -2.09. The molecule has 1 aliphatic heterocycles. The first kappa shape index (κ1) is 19.2. The van der Waals surface area contributed by atoms with Crippen molar-refractivity contribution >= 4 is 28.0 Å². The van der Waals surface area contributed by atoms with Crippen LogP contribution in [0.5, 0.6) is 0 Å². The summed E-state index contributed by atoms with van der Waals surface area (Å²) in [4.78, 5) is 26.9. The number of nitrogens with zero attached hydrogens (tertiary/aromatic N) is 3. The third-order valence-electron chi connectivity index (χ3n) is 4.44. The molecule has 0 unspecified atom stereocenters. The lowest BCUT2D eigenvalue weighted by Gasteiger charge is -2.37. The van der Waals surface area contributed by atoms with E-state index in [4.69, 9.17) is 0 Å². The standard InChI is InChI=1S/C17H25N3O4S/c1-13-5-6-14(2)16(11-13)20(25(4,23)24)15(3)17(22)19-9-7-18(12-21)8-10-19/h5-6,11-12,15H,7-10H2,1-4H3/t15-/m0/s1. The van der Waals surface area contributed by atoms with Crippen LogP contribution >= 0.6 is 0 Å². The quantitative estimate of drug-likeness (QED) is 0.720. The van der Waals surface area contributed by atoms with Crippen molar-refractivity contribution in [3.05, 3.63) is 29.3 Å². The topological polar surface area (TPSA) is 78.0 Å². The second-order valence-corrected chi connectivity index (χ2v) is 8.35. The van der Waals surface area contributed by atoms with Crippen molar-refractivity contribution in [2.75, 3.05) is 36.7 Å². The van der Waals surface area contributed by atoms with Gasteiger partial charge in [0.15, 0.2) is 0 Å². The van der Waals surface area contributed by atoms with Gasteiger partial charge in [-0.05, 0) is 38.0 Å². The van der Waals surface area contributed by atoms with Crippen molar-refractivity contribution in [1.29, 1.82) is 0 Å². The fraction of sp³-hybridized carbons (Fsp3) is 0.529. The number of carbonyl (C=O) groups excluding carboxylic acids is 2. The lowest BCUT2D eigenvalue weighted by Crippen LogP contribution is -2.55. The number of hydrogen-bond acceptors (Lipinski definition) is 4. The molecule has 25 heavy (non-hydrogen) atoms. The van der Waals surface area contributed by atoms with Gasteiger partial charge in [-0.1, -0.05) is 12.1 Å². The summed E-state index contributed by atoms with van der Waals surface area (Å²) in [5, 5.41) is 0. The third kappa shape index (κ3) is 4.31. The summed E-state index contributed by atoms with van der Waals surface area (Å²) >= 11 is 0. The predicted molar refractivity (Wildman–Crippen MR) is 96.9 cm³/mol. The Balaban J connectivity index is 2.31. The number of aryl methyl sites for hydroxylation is 2. The lowest BCUT2D eigenvalue weighted by atomic mass is 10.1. The molecule has 0 aliphatic carbocycles. The number of piperazine rings is 1. The van der Waals surface area contributed by atoms with Crippen molar-refractivity contribution in [2.45, 2.75) is 26.8 Å². The van der Waals surface area contributed by atoms with E-state index in [-0.39, 0.29) is 5.91 Å². The lowest BCUT2D eigenvalue weighted by molar-refractivity contribution is -0.135. The Morgan fingerprint density at radius 1 is 1.20 bits per heavy atom. The van der Waals surface area contributed by atoms with E-state index >= 15 is 0 Å². The van der Waals surface area contributed by atoms with Crippen LogP contribution < -0.4 is 4.31 Å². The molecule has 1 aliphatic rings. The van der Waals surface area contributed by atoms with Gasteiger partial charge < -0.3 is 9.80 Å². The maximum absolute atomic E-state index is 12.9. The van der Waals surface area contributed by atoms with Gasteiger partial charge in [-0.3, -0.25) is 13.9 Å². The van der Waals surface area contributed by atoms with Crippen molar-refractivity contribution in [2.24, 2.45) is 0 Å². The highest BCUT2D eigenvalue weighted by molar-refractivity contribution is 7.92. The van der Waals surface area contributed by atoms with Gasteiger partial charge in [-0.2, -0.15) is 0 Å². The van der Waals surface area contributed by atoms with Gasteiger partial charge in [0.05, 0.1) is 11.9 Å². The van der Waals surface area contributed by atoms with E-state index in [0.29, 0.717) is 31.9 Å². The van der Waals surface area contributed by atoms with E-state index in [1.54, 1.807) is 22.8 Å². The highest BCUT2D eigenvalue weighted by Crippen LogP contribution is 2.27. The van der Waals surface area contributed by atoms with Gasteiger partial charge in [0.25, 0.3) is 0 Å². The van der Waals surface area contributed by atoms with Crippen LogP contribution in [0.25, 0.3) is 0 Å². The summed E-state index contributed by atoms with van der Waals surface area (Å²) in [5.74, 6) is -0.253. The Labute approximate surface area is 149 Å². The van der Waals surface area contributed by atoms with Gasteiger partial charge in [0, 0.05) is 26.2 Å². The normalized spacial score (nSPS) is 16.5. The van der Waals surface area contributed by atoms with Crippen LogP contribution in [-0.4, -0.2) is 69.0 Å². The van der Waals surface area contributed by atoms with Gasteiger partial charge in [0.2, 0.25) is 22.3 Å². The van der Waals surface area contributed by atoms with E-state index in [9.17, 15) is 18.0 Å². The molecule has 138 valence electrons. The SMILES string of the molecule is Cc1ccc(C)c(N([C@@H](C)C(=O)N2CCN(C=O)CC2)S(C)(=O)=O)c1. The molecular weight excluding hydrogens is 342 g/mol. The maximum Gasteiger partial charge on any atom is 0.246 e. The summed E-state index contributed by atoms with van der Waals surface area (Å²) in [6.07, 6.45) is 1.88. The van der Waals surface area contributed by atoms with Crippen LogP contribution in [0.1, 0.15) is 18.1 Å². The summed E-state index contributed by atoms with van der Waals surface area (Å²) in [6, 6.07) is 4.69. The Kier molecular flexibility index (Phi) is 5.72. The minimum absolute atomic E-state index is 0.253. The molecule has 2 rings (SSSR count). The molecule has 1 heterocycles. The van der Waals surface area contributed by atoms with Gasteiger partial charge >= 0.3 is 0 Å². The fourth-order valence-corrected chi connectivity index (χ4v) is 4.26. The van der Waals surface area contributed by atoms with Crippen molar-refractivity contribution < 1.29 is 18.0 Å². The maximum atomic E-state index is 12.9. The molecule has 0 radical (unpaired) electrons. The zero-order chi connectivity index (χ0) is 18.8.